The van der Waals surface area contributed by atoms with Gasteiger partial charge in [0.1, 0.15) is 0 Å². The predicted molar refractivity (Wildman–Crippen MR) is 100 cm³/mol. The number of nitrogens with zero attached hydrogens (tertiary/aromatic N) is 1. The van der Waals surface area contributed by atoms with Crippen LogP contribution in [0.1, 0.15) is 103 Å². The maximum atomic E-state index is 11.8. The van der Waals surface area contributed by atoms with Crippen molar-refractivity contribution >= 4 is 11.6 Å². The van der Waals surface area contributed by atoms with Crippen molar-refractivity contribution in [2.24, 2.45) is 4.99 Å². The first kappa shape index (κ1) is 20.2. The van der Waals surface area contributed by atoms with Gasteiger partial charge in [0.05, 0.1) is 6.54 Å². The molecule has 0 aromatic heterocycles. The number of hydrogen-bond acceptors (Lipinski definition) is 3. The molecule has 0 saturated heterocycles. The van der Waals surface area contributed by atoms with Gasteiger partial charge in [-0.25, -0.2) is 0 Å². The molecule has 1 aliphatic heterocycles. The molecule has 0 bridgehead atoms. The zero-order chi connectivity index (χ0) is 16.6. The van der Waals surface area contributed by atoms with E-state index in [0.29, 0.717) is 12.3 Å². The number of ketones is 1. The summed E-state index contributed by atoms with van der Waals surface area (Å²) in [7, 11) is 0. The first-order chi connectivity index (χ1) is 11.3. The summed E-state index contributed by atoms with van der Waals surface area (Å²) < 4.78 is 0. The molecule has 0 amide bonds. The van der Waals surface area contributed by atoms with Crippen molar-refractivity contribution in [3.8, 4) is 0 Å². The molecule has 1 aliphatic rings. The van der Waals surface area contributed by atoms with Crippen LogP contribution in [0, 0.1) is 0 Å². The Morgan fingerprint density at radius 3 is 1.74 bits per heavy atom. The molecule has 1 N–H and O–H groups in total. The average Bonchev–Trinajstić information content (AvgIpc) is 3.09. The zero-order valence-electron chi connectivity index (χ0n) is 15.4. The van der Waals surface area contributed by atoms with Gasteiger partial charge in [-0.05, 0) is 6.42 Å². The lowest BCUT2D eigenvalue weighted by atomic mass is 10.0. The second kappa shape index (κ2) is 14.7. The Morgan fingerprint density at radius 2 is 1.30 bits per heavy atom. The van der Waals surface area contributed by atoms with Crippen LogP contribution in [0.3, 0.4) is 0 Å². The van der Waals surface area contributed by atoms with E-state index in [2.05, 4.69) is 17.2 Å². The van der Waals surface area contributed by atoms with Crippen LogP contribution in [0.2, 0.25) is 0 Å². The number of unbranched alkanes of at least 4 members (excludes halogenated alkanes) is 13. The zero-order valence-corrected chi connectivity index (χ0v) is 15.4. The monoisotopic (exact) mass is 322 g/mol. The van der Waals surface area contributed by atoms with Crippen LogP contribution < -0.4 is 5.32 Å². The maximum Gasteiger partial charge on any atom is 0.197 e. The second-order valence-corrected chi connectivity index (χ2v) is 6.93. The SMILES string of the molecule is CCCCCCCCCCCCCCCCC(=O)C1=NCCN1. The molecule has 3 nitrogen and oxygen atoms in total. The molecule has 134 valence electrons. The third-order valence-electron chi connectivity index (χ3n) is 4.70. The van der Waals surface area contributed by atoms with E-state index in [-0.39, 0.29) is 5.78 Å². The number of carbonyl (C=O) groups is 1. The quantitative estimate of drug-likeness (QED) is 0.385. The Kier molecular flexibility index (Phi) is 12.9. The van der Waals surface area contributed by atoms with Crippen molar-refractivity contribution < 1.29 is 4.79 Å². The lowest BCUT2D eigenvalue weighted by molar-refractivity contribution is -0.113. The van der Waals surface area contributed by atoms with Gasteiger partial charge in [0, 0.05) is 13.0 Å². The molecule has 0 atom stereocenters. The Labute approximate surface area is 143 Å². The molecule has 23 heavy (non-hydrogen) atoms. The highest BCUT2D eigenvalue weighted by molar-refractivity contribution is 6.39. The largest absolute Gasteiger partial charge is 0.366 e. The molecule has 0 aromatic carbocycles. The van der Waals surface area contributed by atoms with Crippen LogP contribution in [-0.4, -0.2) is 24.7 Å². The smallest absolute Gasteiger partial charge is 0.197 e. The van der Waals surface area contributed by atoms with Gasteiger partial charge in [0.15, 0.2) is 11.6 Å². The van der Waals surface area contributed by atoms with Crippen LogP contribution in [-0.2, 0) is 4.79 Å². The summed E-state index contributed by atoms with van der Waals surface area (Å²) in [6.45, 7) is 3.87. The number of rotatable bonds is 16. The molecule has 1 rings (SSSR count). The molecule has 0 spiro atoms. The Balaban J connectivity index is 1.74. The van der Waals surface area contributed by atoms with E-state index >= 15 is 0 Å². The van der Waals surface area contributed by atoms with Gasteiger partial charge in [-0.3, -0.25) is 9.79 Å². The van der Waals surface area contributed by atoms with Crippen molar-refractivity contribution in [2.45, 2.75) is 103 Å². The molecular weight excluding hydrogens is 284 g/mol. The fraction of sp³-hybridized carbons (Fsp3) is 0.900. The molecule has 0 fully saturated rings. The average molecular weight is 323 g/mol. The van der Waals surface area contributed by atoms with Crippen molar-refractivity contribution in [1.82, 2.24) is 5.32 Å². The van der Waals surface area contributed by atoms with Crippen molar-refractivity contribution in [1.29, 1.82) is 0 Å². The van der Waals surface area contributed by atoms with Crippen LogP contribution in [0.15, 0.2) is 4.99 Å². The van der Waals surface area contributed by atoms with Crippen LogP contribution in [0.25, 0.3) is 0 Å². The summed E-state index contributed by atoms with van der Waals surface area (Å²) in [6.07, 6.45) is 19.6. The minimum absolute atomic E-state index is 0.210. The molecule has 0 aromatic rings. The summed E-state index contributed by atoms with van der Waals surface area (Å²) in [5.41, 5.74) is 0. The number of amidine groups is 1. The van der Waals surface area contributed by atoms with Crippen molar-refractivity contribution in [2.75, 3.05) is 13.1 Å². The fourth-order valence-corrected chi connectivity index (χ4v) is 3.18. The first-order valence-electron chi connectivity index (χ1n) is 10.2. The van der Waals surface area contributed by atoms with E-state index in [1.807, 2.05) is 0 Å². The van der Waals surface area contributed by atoms with Crippen molar-refractivity contribution in [3.63, 3.8) is 0 Å². The summed E-state index contributed by atoms with van der Waals surface area (Å²) in [5.74, 6) is 0.834. The van der Waals surface area contributed by atoms with Crippen LogP contribution in [0.4, 0.5) is 0 Å². The second-order valence-electron chi connectivity index (χ2n) is 6.93. The first-order valence-corrected chi connectivity index (χ1v) is 10.2. The number of Topliss-reactive ketones (excluding diaryl/α,β-unsaturated/α-hetero) is 1. The Hall–Kier alpha value is -0.860. The molecule has 0 radical (unpaired) electrons. The predicted octanol–water partition coefficient (Wildman–Crippen LogP) is 5.43. The van der Waals surface area contributed by atoms with Gasteiger partial charge >= 0.3 is 0 Å². The third-order valence-corrected chi connectivity index (χ3v) is 4.70. The van der Waals surface area contributed by atoms with E-state index < -0.39 is 0 Å². The third kappa shape index (κ3) is 11.3. The number of hydrogen-bond donors (Lipinski definition) is 1. The van der Waals surface area contributed by atoms with Gasteiger partial charge in [-0.1, -0.05) is 90.4 Å². The topological polar surface area (TPSA) is 41.5 Å². The number of aliphatic imine (C=N–C) groups is 1. The lowest BCUT2D eigenvalue weighted by Gasteiger charge is -2.03. The highest BCUT2D eigenvalue weighted by Crippen LogP contribution is 2.13. The lowest BCUT2D eigenvalue weighted by Crippen LogP contribution is -2.26. The minimum atomic E-state index is 0.210. The number of nitrogens with one attached hydrogen (secondary N) is 1. The van der Waals surface area contributed by atoms with Crippen molar-refractivity contribution in [3.05, 3.63) is 0 Å². The van der Waals surface area contributed by atoms with Gasteiger partial charge in [-0.15, -0.1) is 0 Å². The summed E-state index contributed by atoms with van der Waals surface area (Å²) >= 11 is 0. The summed E-state index contributed by atoms with van der Waals surface area (Å²) in [6, 6.07) is 0. The summed E-state index contributed by atoms with van der Waals surface area (Å²) in [4.78, 5) is 15.9. The minimum Gasteiger partial charge on any atom is -0.366 e. The normalized spacial score (nSPS) is 13.9. The highest BCUT2D eigenvalue weighted by atomic mass is 16.1. The Bertz CT molecular complexity index is 326. The van der Waals surface area contributed by atoms with E-state index in [4.69, 9.17) is 0 Å². The van der Waals surface area contributed by atoms with E-state index in [9.17, 15) is 4.79 Å². The van der Waals surface area contributed by atoms with Crippen LogP contribution >= 0.6 is 0 Å². The molecular formula is C20H38N2O. The maximum absolute atomic E-state index is 11.8. The summed E-state index contributed by atoms with van der Waals surface area (Å²) in [5, 5.41) is 3.06. The fourth-order valence-electron chi connectivity index (χ4n) is 3.18. The molecule has 0 unspecified atom stereocenters. The molecule has 0 saturated carbocycles. The van der Waals surface area contributed by atoms with E-state index in [0.717, 1.165) is 19.5 Å². The van der Waals surface area contributed by atoms with E-state index in [1.165, 1.54) is 83.5 Å². The Morgan fingerprint density at radius 1 is 0.826 bits per heavy atom. The van der Waals surface area contributed by atoms with Gasteiger partial charge < -0.3 is 5.32 Å². The van der Waals surface area contributed by atoms with Gasteiger partial charge in [0.2, 0.25) is 0 Å². The number of carbonyl (C=O) groups excluding carboxylic acids is 1. The van der Waals surface area contributed by atoms with Crippen LogP contribution in [0.5, 0.6) is 0 Å². The standard InChI is InChI=1S/C20H38N2O/c1-2-3-4-5-6-7-8-9-10-11-12-13-14-15-16-19(23)20-21-17-18-22-20/h2-18H2,1H3,(H,21,22). The molecule has 1 heterocycles. The highest BCUT2D eigenvalue weighted by Gasteiger charge is 2.13. The van der Waals surface area contributed by atoms with E-state index in [1.54, 1.807) is 0 Å². The molecule has 3 heteroatoms. The van der Waals surface area contributed by atoms with Gasteiger partial charge in [0.25, 0.3) is 0 Å². The molecule has 0 aliphatic carbocycles. The van der Waals surface area contributed by atoms with Gasteiger partial charge in [-0.2, -0.15) is 0 Å².